The van der Waals surface area contributed by atoms with Gasteiger partial charge in [-0.05, 0) is 66.3 Å². The molecule has 2 aromatic heterocycles. The summed E-state index contributed by atoms with van der Waals surface area (Å²) in [5.41, 5.74) is 9.38. The molecular formula is C31H26N2. The third-order valence-electron chi connectivity index (χ3n) is 7.52. The fourth-order valence-electron chi connectivity index (χ4n) is 5.91. The summed E-state index contributed by atoms with van der Waals surface area (Å²) in [4.78, 5) is 0. The minimum absolute atomic E-state index is 0.375. The molecule has 2 aliphatic rings. The van der Waals surface area contributed by atoms with E-state index >= 15 is 0 Å². The number of hydrogen-bond donors (Lipinski definition) is 0. The van der Waals surface area contributed by atoms with Crippen molar-refractivity contribution in [3.05, 3.63) is 102 Å². The first-order chi connectivity index (χ1) is 16.3. The summed E-state index contributed by atoms with van der Waals surface area (Å²) in [6.45, 7) is 0. The zero-order chi connectivity index (χ0) is 21.9. The Kier molecular flexibility index (Phi) is 4.04. The minimum Gasteiger partial charge on any atom is -0.344 e. The number of aromatic nitrogens is 2. The second-order valence-electron chi connectivity index (χ2n) is 9.33. The first-order valence-corrected chi connectivity index (χ1v) is 11.9. The van der Waals surface area contributed by atoms with E-state index < -0.39 is 0 Å². The van der Waals surface area contributed by atoms with Gasteiger partial charge in [0, 0.05) is 45.5 Å². The lowest BCUT2D eigenvalue weighted by molar-refractivity contribution is 0.621. The summed E-state index contributed by atoms with van der Waals surface area (Å²) in [6, 6.07) is 23.1. The molecule has 0 spiro atoms. The smallest absolute Gasteiger partial charge is 0.0560 e. The average Bonchev–Trinajstić information content (AvgIpc) is 3.36. The molecular weight excluding hydrogens is 400 g/mol. The van der Waals surface area contributed by atoms with Gasteiger partial charge in [-0.25, -0.2) is 0 Å². The van der Waals surface area contributed by atoms with E-state index in [0.29, 0.717) is 6.04 Å². The van der Waals surface area contributed by atoms with Gasteiger partial charge in [-0.3, -0.25) is 0 Å². The molecule has 1 unspecified atom stereocenters. The summed E-state index contributed by atoms with van der Waals surface area (Å²) >= 11 is 0. The number of nitrogens with zero attached hydrogens (tertiary/aromatic N) is 2. The van der Waals surface area contributed by atoms with Gasteiger partial charge >= 0.3 is 0 Å². The maximum absolute atomic E-state index is 2.57. The van der Waals surface area contributed by atoms with Crippen molar-refractivity contribution < 1.29 is 0 Å². The molecule has 0 N–H and O–H groups in total. The summed E-state index contributed by atoms with van der Waals surface area (Å²) in [6.07, 6.45) is 17.0. The molecule has 0 saturated carbocycles. The number of rotatable bonds is 2. The van der Waals surface area contributed by atoms with Crippen LogP contribution in [-0.2, 0) is 13.5 Å². The van der Waals surface area contributed by atoms with Gasteiger partial charge < -0.3 is 9.13 Å². The van der Waals surface area contributed by atoms with Crippen LogP contribution >= 0.6 is 0 Å². The van der Waals surface area contributed by atoms with Gasteiger partial charge in [-0.2, -0.15) is 0 Å². The third kappa shape index (κ3) is 2.74. The lowest BCUT2D eigenvalue weighted by Gasteiger charge is -2.20. The summed E-state index contributed by atoms with van der Waals surface area (Å²) in [5, 5.41) is 4.05. The Morgan fingerprint density at radius 3 is 2.52 bits per heavy atom. The largest absolute Gasteiger partial charge is 0.344 e. The van der Waals surface area contributed by atoms with Crippen molar-refractivity contribution in [1.29, 1.82) is 0 Å². The average molecular weight is 427 g/mol. The molecule has 5 aromatic rings. The lowest BCUT2D eigenvalue weighted by Crippen LogP contribution is -2.10. The van der Waals surface area contributed by atoms with Crippen molar-refractivity contribution in [2.24, 2.45) is 7.05 Å². The van der Waals surface area contributed by atoms with Crippen LogP contribution in [0.2, 0.25) is 0 Å². The molecule has 0 bridgehead atoms. The molecule has 2 aliphatic carbocycles. The fourth-order valence-corrected chi connectivity index (χ4v) is 5.91. The summed E-state index contributed by atoms with van der Waals surface area (Å²) < 4.78 is 4.87. The maximum atomic E-state index is 2.57. The molecule has 7 rings (SSSR count). The van der Waals surface area contributed by atoms with Crippen LogP contribution in [0.5, 0.6) is 0 Å². The van der Waals surface area contributed by atoms with E-state index in [1.807, 2.05) is 0 Å². The highest BCUT2D eigenvalue weighted by molar-refractivity contribution is 6.09. The highest BCUT2D eigenvalue weighted by atomic mass is 15.0. The molecule has 33 heavy (non-hydrogen) atoms. The van der Waals surface area contributed by atoms with Crippen molar-refractivity contribution in [2.45, 2.75) is 25.3 Å². The SMILES string of the molecule is Cn1c2ccccc2c2cc(-c3ccc4c5c(n(C6C=CC=CC6)c4c3)C=CCC5)ccc21. The van der Waals surface area contributed by atoms with Gasteiger partial charge in [-0.1, -0.05) is 66.8 Å². The minimum atomic E-state index is 0.375. The first-order valence-electron chi connectivity index (χ1n) is 11.9. The van der Waals surface area contributed by atoms with Gasteiger partial charge in [0.25, 0.3) is 0 Å². The van der Waals surface area contributed by atoms with Crippen molar-refractivity contribution in [2.75, 3.05) is 0 Å². The Morgan fingerprint density at radius 2 is 1.61 bits per heavy atom. The lowest BCUT2D eigenvalue weighted by atomic mass is 9.98. The maximum Gasteiger partial charge on any atom is 0.0560 e. The molecule has 3 aromatic carbocycles. The van der Waals surface area contributed by atoms with Crippen LogP contribution in [-0.4, -0.2) is 9.13 Å². The topological polar surface area (TPSA) is 9.86 Å². The van der Waals surface area contributed by atoms with E-state index in [2.05, 4.69) is 113 Å². The Bertz CT molecular complexity index is 1650. The fraction of sp³-hybridized carbons (Fsp3) is 0.161. The molecule has 0 saturated heterocycles. The standard InChI is InChI=1S/C31H26N2/c1-32-28-13-7-5-12-25(28)27-19-21(16-18-29(27)32)22-15-17-26-24-11-6-8-14-30(24)33(31(26)20-22)23-9-3-2-4-10-23/h2-5,7-9,12-20,23H,6,10-11H2,1H3. The van der Waals surface area contributed by atoms with E-state index in [0.717, 1.165) is 19.3 Å². The van der Waals surface area contributed by atoms with E-state index in [1.165, 1.54) is 55.1 Å². The number of para-hydroxylation sites is 1. The van der Waals surface area contributed by atoms with Crippen molar-refractivity contribution in [1.82, 2.24) is 9.13 Å². The zero-order valence-electron chi connectivity index (χ0n) is 18.8. The van der Waals surface area contributed by atoms with Crippen molar-refractivity contribution in [3.8, 4) is 11.1 Å². The third-order valence-corrected chi connectivity index (χ3v) is 7.52. The van der Waals surface area contributed by atoms with E-state index in [-0.39, 0.29) is 0 Å². The molecule has 0 aliphatic heterocycles. The molecule has 2 nitrogen and oxygen atoms in total. The number of benzene rings is 3. The molecule has 0 amide bonds. The van der Waals surface area contributed by atoms with Crippen molar-refractivity contribution in [3.63, 3.8) is 0 Å². The Balaban J connectivity index is 1.45. The summed E-state index contributed by atoms with van der Waals surface area (Å²) in [7, 11) is 2.16. The van der Waals surface area contributed by atoms with Crippen LogP contribution in [0.3, 0.4) is 0 Å². The Labute approximate surface area is 193 Å². The van der Waals surface area contributed by atoms with E-state index in [4.69, 9.17) is 0 Å². The normalized spacial score (nSPS) is 17.4. The van der Waals surface area contributed by atoms with Crippen LogP contribution in [0.4, 0.5) is 0 Å². The molecule has 0 radical (unpaired) electrons. The molecule has 2 heteroatoms. The first kappa shape index (κ1) is 18.8. The predicted octanol–water partition coefficient (Wildman–Crippen LogP) is 7.97. The summed E-state index contributed by atoms with van der Waals surface area (Å²) in [5.74, 6) is 0. The highest BCUT2D eigenvalue weighted by Crippen LogP contribution is 2.39. The Morgan fingerprint density at radius 1 is 0.758 bits per heavy atom. The van der Waals surface area contributed by atoms with E-state index in [9.17, 15) is 0 Å². The molecule has 160 valence electrons. The second-order valence-corrected chi connectivity index (χ2v) is 9.33. The molecule has 1 atom stereocenters. The monoisotopic (exact) mass is 426 g/mol. The quantitative estimate of drug-likeness (QED) is 0.271. The van der Waals surface area contributed by atoms with Crippen molar-refractivity contribution >= 4 is 38.8 Å². The van der Waals surface area contributed by atoms with Gasteiger partial charge in [0.2, 0.25) is 0 Å². The molecule has 0 fully saturated rings. The number of aryl methyl sites for hydroxylation is 2. The number of hydrogen-bond acceptors (Lipinski definition) is 0. The van der Waals surface area contributed by atoms with Gasteiger partial charge in [0.05, 0.1) is 6.04 Å². The van der Waals surface area contributed by atoms with Gasteiger partial charge in [-0.15, -0.1) is 0 Å². The van der Waals surface area contributed by atoms with Crippen LogP contribution in [0.15, 0.2) is 91.0 Å². The highest BCUT2D eigenvalue weighted by Gasteiger charge is 2.22. The van der Waals surface area contributed by atoms with Crippen LogP contribution < -0.4 is 0 Å². The Hall–Kier alpha value is -3.78. The zero-order valence-corrected chi connectivity index (χ0v) is 18.8. The predicted molar refractivity (Wildman–Crippen MR) is 141 cm³/mol. The van der Waals surface area contributed by atoms with Crippen LogP contribution in [0.1, 0.15) is 30.1 Å². The van der Waals surface area contributed by atoms with Crippen LogP contribution in [0, 0.1) is 0 Å². The number of fused-ring (bicyclic) bond motifs is 6. The second kappa shape index (κ2) is 7.11. The number of allylic oxidation sites excluding steroid dienone is 5. The van der Waals surface area contributed by atoms with E-state index in [1.54, 1.807) is 0 Å². The van der Waals surface area contributed by atoms with Crippen LogP contribution in [0.25, 0.3) is 49.9 Å². The molecule has 2 heterocycles. The van der Waals surface area contributed by atoms with Gasteiger partial charge in [0.1, 0.15) is 0 Å². The van der Waals surface area contributed by atoms with Gasteiger partial charge in [0.15, 0.2) is 0 Å².